The number of benzene rings is 7. The minimum atomic E-state index is -0.614. The molecule has 233 valence electrons. The molecule has 2 nitrogen and oxygen atoms in total. The Morgan fingerprint density at radius 1 is 0.440 bits per heavy atom. The summed E-state index contributed by atoms with van der Waals surface area (Å²) < 4.78 is 0. The molecule has 0 aromatic heterocycles. The van der Waals surface area contributed by atoms with E-state index in [1.165, 1.54) is 61.1 Å². The van der Waals surface area contributed by atoms with E-state index >= 15 is 0 Å². The molecule has 2 aliphatic carbocycles. The molecule has 2 aliphatic heterocycles. The molecule has 11 rings (SSSR count). The van der Waals surface area contributed by atoms with Gasteiger partial charge in [0.05, 0.1) is 16.8 Å². The highest BCUT2D eigenvalue weighted by Crippen LogP contribution is 2.64. The molecule has 4 aliphatic rings. The van der Waals surface area contributed by atoms with Gasteiger partial charge in [0.1, 0.15) is 0 Å². The molecule has 3 heteroatoms. The van der Waals surface area contributed by atoms with E-state index in [2.05, 4.69) is 166 Å². The van der Waals surface area contributed by atoms with Crippen molar-refractivity contribution in [3.05, 3.63) is 196 Å². The lowest BCUT2D eigenvalue weighted by Crippen LogP contribution is -2.38. The molecule has 1 spiro atoms. The molecular weight excluding hydrogens is 605 g/mol. The number of carbonyl (C=O) groups is 1. The Morgan fingerprint density at radius 3 is 1.72 bits per heavy atom. The van der Waals surface area contributed by atoms with Gasteiger partial charge in [0.15, 0.2) is 13.1 Å². The molecule has 7 aromatic rings. The maximum atomic E-state index is 14.5. The lowest BCUT2D eigenvalue weighted by atomic mass is 9.62. The largest absolute Gasteiger partial charge is 0.310 e. The van der Waals surface area contributed by atoms with Gasteiger partial charge in [0, 0.05) is 22.2 Å². The van der Waals surface area contributed by atoms with Gasteiger partial charge in [-0.1, -0.05) is 146 Å². The van der Waals surface area contributed by atoms with E-state index in [0.29, 0.717) is 0 Å². The predicted molar refractivity (Wildman–Crippen MR) is 204 cm³/mol. The van der Waals surface area contributed by atoms with E-state index in [-0.39, 0.29) is 11.2 Å². The Hall–Kier alpha value is -5.93. The third-order valence-corrected chi connectivity index (χ3v) is 11.9. The summed E-state index contributed by atoms with van der Waals surface area (Å²) in [5, 5.41) is 0. The van der Waals surface area contributed by atoms with Crippen LogP contribution in [0.1, 0.15) is 63.1 Å². The quantitative estimate of drug-likeness (QED) is 0.168. The molecule has 0 amide bonds. The van der Waals surface area contributed by atoms with Gasteiger partial charge in [-0.3, -0.25) is 4.79 Å². The predicted octanol–water partition coefficient (Wildman–Crippen LogP) is 9.34. The lowest BCUT2D eigenvalue weighted by molar-refractivity contribution is 0.103. The number of ketones is 1. The highest BCUT2D eigenvalue weighted by atomic mass is 16.1. The van der Waals surface area contributed by atoms with Crippen molar-refractivity contribution in [3.8, 4) is 22.3 Å². The zero-order valence-electron chi connectivity index (χ0n) is 27.9. The summed E-state index contributed by atoms with van der Waals surface area (Å²) in [5.74, 6) is 0.109. The number of fused-ring (bicyclic) bond motifs is 14. The third-order valence-electron chi connectivity index (χ3n) is 11.9. The molecule has 1 radical (unpaired) electrons. The summed E-state index contributed by atoms with van der Waals surface area (Å²) in [6.45, 7) is 4.52. The van der Waals surface area contributed by atoms with Crippen LogP contribution in [0.15, 0.2) is 152 Å². The van der Waals surface area contributed by atoms with Gasteiger partial charge in [-0.05, 0) is 86.0 Å². The summed E-state index contributed by atoms with van der Waals surface area (Å²) in [4.78, 5) is 16.9. The maximum absolute atomic E-state index is 14.5. The van der Waals surface area contributed by atoms with Crippen LogP contribution >= 0.6 is 0 Å². The SMILES string of the molecule is CC1(C)c2ccccc2C(=O)c2cc3c(cc21)-c1ccccc1C31c2ccccc2N(c2cccc3c2[B]c2ccccc2-3)c2ccccc21. The number of para-hydroxylation sites is 2. The number of anilines is 3. The number of hydrogen-bond donors (Lipinski definition) is 0. The van der Waals surface area contributed by atoms with Crippen molar-refractivity contribution in [2.45, 2.75) is 24.7 Å². The number of carbonyl (C=O) groups excluding carboxylic acids is 1. The summed E-state index contributed by atoms with van der Waals surface area (Å²) >= 11 is 0. The van der Waals surface area contributed by atoms with Gasteiger partial charge >= 0.3 is 0 Å². The van der Waals surface area contributed by atoms with E-state index in [1.807, 2.05) is 12.1 Å². The first kappa shape index (κ1) is 28.0. The molecule has 2 heterocycles. The van der Waals surface area contributed by atoms with Crippen LogP contribution in [0.5, 0.6) is 0 Å². The molecule has 7 aromatic carbocycles. The zero-order valence-corrected chi connectivity index (χ0v) is 27.9. The molecule has 0 saturated carbocycles. The Morgan fingerprint density at radius 2 is 0.980 bits per heavy atom. The van der Waals surface area contributed by atoms with Crippen molar-refractivity contribution in [2.75, 3.05) is 4.90 Å². The van der Waals surface area contributed by atoms with Crippen LogP contribution < -0.4 is 15.8 Å². The van der Waals surface area contributed by atoms with Gasteiger partial charge in [0.2, 0.25) is 0 Å². The standard InChI is InChI=1S/C47H31BNO/c1-46(2)34-18-6-4-16-31(34)45(50)33-27-39-32(26-38(33)46)28-14-3-7-19-35(28)47(39)36-20-8-11-23-41(36)49(42-24-12-9-21-37(42)47)43-25-13-17-30-29-15-5-10-22-40(29)48-44(30)43/h3-27H,1-2H3. The second-order valence-electron chi connectivity index (χ2n) is 14.6. The Kier molecular flexibility index (Phi) is 5.38. The normalized spacial score (nSPS) is 15.9. The van der Waals surface area contributed by atoms with Crippen LogP contribution in [-0.4, -0.2) is 13.1 Å². The molecule has 0 fully saturated rings. The van der Waals surface area contributed by atoms with Crippen molar-refractivity contribution in [2.24, 2.45) is 0 Å². The first-order valence-electron chi connectivity index (χ1n) is 17.5. The smallest absolute Gasteiger partial charge is 0.195 e. The van der Waals surface area contributed by atoms with Gasteiger partial charge in [-0.15, -0.1) is 0 Å². The zero-order chi connectivity index (χ0) is 33.4. The highest BCUT2D eigenvalue weighted by Gasteiger charge is 2.53. The van der Waals surface area contributed by atoms with Gasteiger partial charge < -0.3 is 4.90 Å². The summed E-state index contributed by atoms with van der Waals surface area (Å²) in [6, 6.07) is 54.9. The monoisotopic (exact) mass is 636 g/mol. The Bertz CT molecular complexity index is 2600. The maximum Gasteiger partial charge on any atom is 0.195 e. The molecule has 50 heavy (non-hydrogen) atoms. The Balaban J connectivity index is 1.22. The van der Waals surface area contributed by atoms with Crippen molar-refractivity contribution in [1.82, 2.24) is 0 Å². The summed E-state index contributed by atoms with van der Waals surface area (Å²) in [6.07, 6.45) is 0. The second kappa shape index (κ2) is 9.61. The van der Waals surface area contributed by atoms with Gasteiger partial charge in [-0.2, -0.15) is 0 Å². The fraction of sp³-hybridized carbons (Fsp3) is 0.0851. The van der Waals surface area contributed by atoms with Crippen LogP contribution in [0.3, 0.4) is 0 Å². The van der Waals surface area contributed by atoms with E-state index in [1.54, 1.807) is 0 Å². The average Bonchev–Trinajstić information content (AvgIpc) is 3.68. The molecular formula is C47H31BNO. The number of rotatable bonds is 1. The van der Waals surface area contributed by atoms with Crippen LogP contribution in [-0.2, 0) is 10.8 Å². The van der Waals surface area contributed by atoms with Crippen LogP contribution in [0, 0.1) is 0 Å². The first-order chi connectivity index (χ1) is 24.5. The number of nitrogens with zero attached hydrogens (tertiary/aromatic N) is 1. The highest BCUT2D eigenvalue weighted by molar-refractivity contribution is 6.75. The van der Waals surface area contributed by atoms with Crippen molar-refractivity contribution in [1.29, 1.82) is 0 Å². The summed E-state index contributed by atoms with van der Waals surface area (Å²) in [5.41, 5.74) is 18.7. The van der Waals surface area contributed by atoms with Crippen molar-refractivity contribution in [3.63, 3.8) is 0 Å². The minimum Gasteiger partial charge on any atom is -0.310 e. The Labute approximate surface area is 292 Å². The molecule has 0 saturated heterocycles. The molecule has 0 unspecified atom stereocenters. The fourth-order valence-electron chi connectivity index (χ4n) is 9.79. The molecule has 0 bridgehead atoms. The fourth-order valence-corrected chi connectivity index (χ4v) is 9.79. The second-order valence-corrected chi connectivity index (χ2v) is 14.6. The number of hydrogen-bond acceptors (Lipinski definition) is 2. The van der Waals surface area contributed by atoms with Crippen molar-refractivity contribution < 1.29 is 4.79 Å². The van der Waals surface area contributed by atoms with Crippen LogP contribution in [0.2, 0.25) is 0 Å². The van der Waals surface area contributed by atoms with E-state index in [9.17, 15) is 4.79 Å². The topological polar surface area (TPSA) is 20.3 Å². The first-order valence-corrected chi connectivity index (χ1v) is 17.5. The third kappa shape index (κ3) is 3.28. The van der Waals surface area contributed by atoms with Gasteiger partial charge in [-0.25, -0.2) is 0 Å². The van der Waals surface area contributed by atoms with Crippen LogP contribution in [0.25, 0.3) is 22.3 Å². The van der Waals surface area contributed by atoms with Crippen LogP contribution in [0.4, 0.5) is 17.1 Å². The minimum absolute atomic E-state index is 0.109. The van der Waals surface area contributed by atoms with E-state index in [4.69, 9.17) is 0 Å². The summed E-state index contributed by atoms with van der Waals surface area (Å²) in [7, 11) is 2.34. The van der Waals surface area contributed by atoms with E-state index < -0.39 is 5.41 Å². The molecule has 0 atom stereocenters. The van der Waals surface area contributed by atoms with Gasteiger partial charge in [0.25, 0.3) is 0 Å². The average molecular weight is 637 g/mol. The van der Waals surface area contributed by atoms with Crippen molar-refractivity contribution >= 4 is 41.1 Å². The van der Waals surface area contributed by atoms with E-state index in [0.717, 1.165) is 33.6 Å². The molecule has 0 N–H and O–H groups in total. The lowest BCUT2D eigenvalue weighted by Gasteiger charge is -2.45.